The molecule has 0 aliphatic carbocycles. The molecule has 1 aromatic heterocycles. The summed E-state index contributed by atoms with van der Waals surface area (Å²) in [6, 6.07) is 73.1. The molecule has 0 saturated heterocycles. The zero-order chi connectivity index (χ0) is 38.6. The number of rotatable bonds is 9. The molecule has 0 bridgehead atoms. The molecule has 8 aromatic carbocycles. The van der Waals surface area contributed by atoms with Gasteiger partial charge in [0.25, 0.3) is 0 Å². The van der Waals surface area contributed by atoms with Gasteiger partial charge in [-0.1, -0.05) is 170 Å². The molecule has 57 heavy (non-hydrogen) atoms. The van der Waals surface area contributed by atoms with E-state index in [1.165, 1.54) is 22.3 Å². The highest BCUT2D eigenvalue weighted by molar-refractivity contribution is 5.86. The maximum atomic E-state index is 6.13. The maximum Gasteiger partial charge on any atom is 0.136 e. The van der Waals surface area contributed by atoms with Gasteiger partial charge < -0.3 is 9.32 Å². The van der Waals surface area contributed by atoms with Crippen molar-refractivity contribution in [2.45, 2.75) is 6.92 Å². The number of fused-ring (bicyclic) bond motifs is 1. The van der Waals surface area contributed by atoms with Crippen LogP contribution < -0.4 is 15.5 Å². The number of nitrogens with zero attached hydrogens (tertiary/aromatic N) is 1. The van der Waals surface area contributed by atoms with E-state index in [1.54, 1.807) is 0 Å². The van der Waals surface area contributed by atoms with Crippen molar-refractivity contribution in [2.24, 2.45) is 0 Å². The van der Waals surface area contributed by atoms with E-state index in [9.17, 15) is 0 Å². The summed E-state index contributed by atoms with van der Waals surface area (Å²) in [6.45, 7) is 6.38. The molecule has 0 atom stereocenters. The van der Waals surface area contributed by atoms with E-state index < -0.39 is 0 Å². The SMILES string of the molecule is C=c1oc2cc(-c3ccccc3)ccc2/c1=C/C=C(\C)c1cccc(-c2ccc(N(c3ccc(-c4ccccc4)cc3)c3ccc(-c4ccccc4)cc3)cc2)c1. The maximum absolute atomic E-state index is 6.13. The molecule has 0 aliphatic heterocycles. The highest BCUT2D eigenvalue weighted by Crippen LogP contribution is 2.38. The van der Waals surface area contributed by atoms with Gasteiger partial charge in [-0.05, 0) is 117 Å². The van der Waals surface area contributed by atoms with Gasteiger partial charge in [-0.3, -0.25) is 0 Å². The van der Waals surface area contributed by atoms with Crippen LogP contribution in [0.15, 0.2) is 217 Å². The zero-order valence-corrected chi connectivity index (χ0v) is 31.8. The van der Waals surface area contributed by atoms with Crippen molar-refractivity contribution in [1.29, 1.82) is 0 Å². The fourth-order valence-electron chi connectivity index (χ4n) is 7.53. The Hall–Kier alpha value is -7.42. The molecule has 0 radical (unpaired) electrons. The number of anilines is 3. The molecule has 2 nitrogen and oxygen atoms in total. The summed E-state index contributed by atoms with van der Waals surface area (Å²) in [5.74, 6) is 0. The predicted molar refractivity (Wildman–Crippen MR) is 242 cm³/mol. The van der Waals surface area contributed by atoms with E-state index in [0.29, 0.717) is 5.42 Å². The lowest BCUT2D eigenvalue weighted by Gasteiger charge is -2.26. The molecule has 9 rings (SSSR count). The van der Waals surface area contributed by atoms with Gasteiger partial charge in [0, 0.05) is 27.7 Å². The van der Waals surface area contributed by atoms with E-state index in [-0.39, 0.29) is 0 Å². The van der Waals surface area contributed by atoms with E-state index in [1.807, 2.05) is 6.07 Å². The molecule has 0 aliphatic rings. The summed E-state index contributed by atoms with van der Waals surface area (Å²) in [5, 5.41) is 2.07. The number of hydrogen-bond acceptors (Lipinski definition) is 2. The molecule has 0 amide bonds. The van der Waals surface area contributed by atoms with Crippen LogP contribution in [0.5, 0.6) is 0 Å². The van der Waals surface area contributed by atoms with Gasteiger partial charge in [-0.15, -0.1) is 0 Å². The Bertz CT molecular complexity index is 2840. The molecule has 0 saturated carbocycles. The Balaban J connectivity index is 1.01. The Morgan fingerprint density at radius 2 is 0.842 bits per heavy atom. The van der Waals surface area contributed by atoms with E-state index in [2.05, 4.69) is 231 Å². The van der Waals surface area contributed by atoms with Gasteiger partial charge in [-0.25, -0.2) is 0 Å². The van der Waals surface area contributed by atoms with Gasteiger partial charge in [0.2, 0.25) is 0 Å². The molecular weight excluding hydrogens is 691 g/mol. The minimum Gasteiger partial charge on any atom is -0.457 e. The largest absolute Gasteiger partial charge is 0.457 e. The monoisotopic (exact) mass is 731 g/mol. The first-order valence-electron chi connectivity index (χ1n) is 19.3. The molecule has 0 unspecified atom stereocenters. The van der Waals surface area contributed by atoms with Crippen molar-refractivity contribution in [3.8, 4) is 44.5 Å². The van der Waals surface area contributed by atoms with Crippen LogP contribution in [-0.2, 0) is 0 Å². The third-order valence-electron chi connectivity index (χ3n) is 10.7. The summed E-state index contributed by atoms with van der Waals surface area (Å²) < 4.78 is 6.13. The molecule has 272 valence electrons. The van der Waals surface area contributed by atoms with Gasteiger partial charge in [0.15, 0.2) is 0 Å². The lowest BCUT2D eigenvalue weighted by Crippen LogP contribution is -2.17. The standard InChI is InChI=1S/C55H41NO/c1-39(21-35-53-40(2)57-55-38-49(28-36-54(53)55)43-17-10-5-11-18-43)47-19-12-20-48(37-47)46-26-33-52(34-27-46)56(50-29-22-44(23-30-50)41-13-6-3-7-14-41)51-31-24-45(25-32-51)42-15-8-4-9-16-42/h3-38H,2H2,1H3/b39-21+,53-35+. The van der Waals surface area contributed by atoms with E-state index in [4.69, 9.17) is 4.42 Å². The van der Waals surface area contributed by atoms with Crippen molar-refractivity contribution < 1.29 is 4.42 Å². The summed E-state index contributed by atoms with van der Waals surface area (Å²) in [5.41, 5.74) is 16.5. The smallest absolute Gasteiger partial charge is 0.136 e. The third kappa shape index (κ3) is 7.50. The van der Waals surface area contributed by atoms with Crippen LogP contribution in [0, 0.1) is 0 Å². The number of allylic oxidation sites excluding steroid dienone is 2. The van der Waals surface area contributed by atoms with Gasteiger partial charge >= 0.3 is 0 Å². The van der Waals surface area contributed by atoms with Crippen LogP contribution in [0.3, 0.4) is 0 Å². The van der Waals surface area contributed by atoms with E-state index >= 15 is 0 Å². The quantitative estimate of drug-likeness (QED) is 0.147. The fraction of sp³-hybridized carbons (Fsp3) is 0.0182. The van der Waals surface area contributed by atoms with Crippen molar-refractivity contribution in [1.82, 2.24) is 0 Å². The third-order valence-corrected chi connectivity index (χ3v) is 10.7. The van der Waals surface area contributed by atoms with Crippen LogP contribution in [0.2, 0.25) is 0 Å². The Morgan fingerprint density at radius 1 is 0.439 bits per heavy atom. The number of furan rings is 1. The summed E-state index contributed by atoms with van der Waals surface area (Å²) in [6.07, 6.45) is 4.29. The van der Waals surface area contributed by atoms with Crippen LogP contribution in [0.1, 0.15) is 12.5 Å². The van der Waals surface area contributed by atoms with Crippen molar-refractivity contribution in [3.63, 3.8) is 0 Å². The normalized spacial score (nSPS) is 11.9. The molecule has 2 heteroatoms. The van der Waals surface area contributed by atoms with Gasteiger partial charge in [-0.2, -0.15) is 0 Å². The molecule has 0 fully saturated rings. The molecular formula is C55H41NO. The average Bonchev–Trinajstić information content (AvgIpc) is 3.61. The number of benzene rings is 8. The lowest BCUT2D eigenvalue weighted by molar-refractivity contribution is 0.577. The first-order chi connectivity index (χ1) is 28.1. The minimum absolute atomic E-state index is 0.668. The lowest BCUT2D eigenvalue weighted by atomic mass is 9.99. The van der Waals surface area contributed by atoms with Crippen LogP contribution in [0.25, 0.3) is 73.7 Å². The highest BCUT2D eigenvalue weighted by atomic mass is 16.3. The van der Waals surface area contributed by atoms with Crippen LogP contribution in [0.4, 0.5) is 17.1 Å². The number of hydrogen-bond donors (Lipinski definition) is 0. The average molecular weight is 732 g/mol. The van der Waals surface area contributed by atoms with E-state index in [0.717, 1.165) is 66.6 Å². The Labute approximate surface area is 334 Å². The zero-order valence-electron chi connectivity index (χ0n) is 31.8. The predicted octanol–water partition coefficient (Wildman–Crippen LogP) is 13.9. The minimum atomic E-state index is 0.668. The molecule has 0 N–H and O–H groups in total. The molecule has 9 aromatic rings. The first-order valence-corrected chi connectivity index (χ1v) is 19.3. The fourth-order valence-corrected chi connectivity index (χ4v) is 7.53. The topological polar surface area (TPSA) is 16.4 Å². The van der Waals surface area contributed by atoms with Gasteiger partial charge in [0.1, 0.15) is 11.0 Å². The second kappa shape index (κ2) is 15.7. The summed E-state index contributed by atoms with van der Waals surface area (Å²) in [4.78, 5) is 2.32. The second-order valence-corrected chi connectivity index (χ2v) is 14.3. The molecule has 0 spiro atoms. The van der Waals surface area contributed by atoms with Gasteiger partial charge in [0.05, 0.1) is 0 Å². The van der Waals surface area contributed by atoms with Crippen molar-refractivity contribution in [2.75, 3.05) is 4.90 Å². The van der Waals surface area contributed by atoms with Crippen LogP contribution >= 0.6 is 0 Å². The Kier molecular flexibility index (Phi) is 9.75. The highest BCUT2D eigenvalue weighted by Gasteiger charge is 2.14. The summed E-state index contributed by atoms with van der Waals surface area (Å²) in [7, 11) is 0. The van der Waals surface area contributed by atoms with Crippen molar-refractivity contribution >= 4 is 46.3 Å². The Morgan fingerprint density at radius 3 is 1.35 bits per heavy atom. The second-order valence-electron chi connectivity index (χ2n) is 14.3. The van der Waals surface area contributed by atoms with Crippen LogP contribution in [-0.4, -0.2) is 0 Å². The first kappa shape index (κ1) is 35.3. The summed E-state index contributed by atoms with van der Waals surface area (Å²) >= 11 is 0. The van der Waals surface area contributed by atoms with Crippen molar-refractivity contribution in [3.05, 3.63) is 229 Å². The molecule has 1 heterocycles.